The summed E-state index contributed by atoms with van der Waals surface area (Å²) in [5.74, 6) is 0.824. The van der Waals surface area contributed by atoms with E-state index in [0.717, 1.165) is 60.7 Å². The lowest BCUT2D eigenvalue weighted by molar-refractivity contribution is 0.134. The van der Waals surface area contributed by atoms with E-state index in [9.17, 15) is 8.42 Å². The van der Waals surface area contributed by atoms with Crippen molar-refractivity contribution >= 4 is 10.0 Å². The van der Waals surface area contributed by atoms with Crippen LogP contribution in [0.15, 0.2) is 78.9 Å². The zero-order valence-corrected chi connectivity index (χ0v) is 20.5. The van der Waals surface area contributed by atoms with Gasteiger partial charge in [-0.05, 0) is 41.4 Å². The van der Waals surface area contributed by atoms with E-state index in [0.29, 0.717) is 13.2 Å². The molecule has 6 nitrogen and oxygen atoms in total. The summed E-state index contributed by atoms with van der Waals surface area (Å²) >= 11 is 0. The van der Waals surface area contributed by atoms with Crippen molar-refractivity contribution in [2.24, 2.45) is 0 Å². The van der Waals surface area contributed by atoms with Gasteiger partial charge in [-0.1, -0.05) is 66.7 Å². The Morgan fingerprint density at radius 2 is 1.41 bits per heavy atom. The first-order valence-corrected chi connectivity index (χ1v) is 13.4. The lowest BCUT2D eigenvalue weighted by atomic mass is 10.0. The van der Waals surface area contributed by atoms with Crippen LogP contribution in [0.4, 0.5) is 0 Å². The third-order valence-electron chi connectivity index (χ3n) is 6.11. The smallest absolute Gasteiger partial charge is 0.216 e. The number of sulfonamides is 1. The van der Waals surface area contributed by atoms with Gasteiger partial charge < -0.3 is 9.64 Å². The molecule has 1 N–H and O–H groups in total. The molecule has 34 heavy (non-hydrogen) atoms. The van der Waals surface area contributed by atoms with E-state index in [1.165, 1.54) is 0 Å². The van der Waals surface area contributed by atoms with Crippen molar-refractivity contribution in [1.29, 1.82) is 0 Å². The molecule has 1 fully saturated rings. The quantitative estimate of drug-likeness (QED) is 0.482. The highest BCUT2D eigenvalue weighted by atomic mass is 32.2. The van der Waals surface area contributed by atoms with Crippen molar-refractivity contribution in [3.05, 3.63) is 90.0 Å². The van der Waals surface area contributed by atoms with Crippen molar-refractivity contribution in [3.63, 3.8) is 0 Å². The van der Waals surface area contributed by atoms with Gasteiger partial charge in [-0.2, -0.15) is 0 Å². The van der Waals surface area contributed by atoms with Gasteiger partial charge in [0, 0.05) is 39.3 Å². The summed E-state index contributed by atoms with van der Waals surface area (Å²) in [6.45, 7) is 6.35. The Hall–Kier alpha value is -2.71. The predicted molar refractivity (Wildman–Crippen MR) is 137 cm³/mol. The van der Waals surface area contributed by atoms with Crippen molar-refractivity contribution in [1.82, 2.24) is 14.5 Å². The molecule has 4 rings (SSSR count). The van der Waals surface area contributed by atoms with Crippen LogP contribution in [-0.4, -0.2) is 64.6 Å². The molecule has 0 atom stereocenters. The topological polar surface area (TPSA) is 61.9 Å². The van der Waals surface area contributed by atoms with Gasteiger partial charge in [0.05, 0.1) is 5.75 Å². The fourth-order valence-corrected chi connectivity index (χ4v) is 5.08. The number of benzene rings is 3. The SMILES string of the molecule is CN1CCN(CCOc2ccc(-c3ccc(CS(=O)(=O)NCc4ccccc4)cc3)cc2)CC1. The van der Waals surface area contributed by atoms with Gasteiger partial charge in [0.15, 0.2) is 0 Å². The van der Waals surface area contributed by atoms with Crippen LogP contribution in [-0.2, 0) is 22.3 Å². The molecule has 1 aliphatic heterocycles. The van der Waals surface area contributed by atoms with Crippen LogP contribution in [0.1, 0.15) is 11.1 Å². The van der Waals surface area contributed by atoms with E-state index >= 15 is 0 Å². The summed E-state index contributed by atoms with van der Waals surface area (Å²) < 4.78 is 33.5. The Kier molecular flexibility index (Phi) is 8.34. The number of ether oxygens (including phenoxy) is 1. The van der Waals surface area contributed by atoms with Crippen molar-refractivity contribution in [3.8, 4) is 16.9 Å². The molecule has 0 aliphatic carbocycles. The lowest BCUT2D eigenvalue weighted by Gasteiger charge is -2.32. The van der Waals surface area contributed by atoms with Gasteiger partial charge in [0.1, 0.15) is 12.4 Å². The standard InChI is InChI=1S/C27H33N3O3S/c1-29-15-17-30(18-16-29)19-20-33-27-13-11-26(12-14-27)25-9-7-24(8-10-25)22-34(31,32)28-21-23-5-3-2-4-6-23/h2-14,28H,15-22H2,1H3. The summed E-state index contributed by atoms with van der Waals surface area (Å²) in [4.78, 5) is 4.79. The number of hydrogen-bond acceptors (Lipinski definition) is 5. The molecular formula is C27H33N3O3S. The van der Waals surface area contributed by atoms with E-state index in [1.807, 2.05) is 78.9 Å². The highest BCUT2D eigenvalue weighted by molar-refractivity contribution is 7.88. The molecule has 1 aliphatic rings. The fourth-order valence-electron chi connectivity index (χ4n) is 3.96. The molecule has 0 saturated carbocycles. The second-order valence-corrected chi connectivity index (χ2v) is 10.6. The summed E-state index contributed by atoms with van der Waals surface area (Å²) in [7, 11) is -1.25. The average Bonchev–Trinajstić information content (AvgIpc) is 2.85. The monoisotopic (exact) mass is 479 g/mol. The molecule has 1 saturated heterocycles. The normalized spacial score (nSPS) is 15.3. The summed E-state index contributed by atoms with van der Waals surface area (Å²) in [5, 5.41) is 0. The summed E-state index contributed by atoms with van der Waals surface area (Å²) in [6, 6.07) is 25.3. The second-order valence-electron chi connectivity index (χ2n) is 8.78. The third kappa shape index (κ3) is 7.40. The van der Waals surface area contributed by atoms with E-state index in [2.05, 4.69) is 21.6 Å². The minimum absolute atomic E-state index is 0.0415. The molecule has 180 valence electrons. The second kappa shape index (κ2) is 11.6. The Bertz CT molecular complexity index is 1130. The van der Waals surface area contributed by atoms with Gasteiger partial charge in [-0.3, -0.25) is 4.90 Å². The van der Waals surface area contributed by atoms with E-state index in [-0.39, 0.29) is 5.75 Å². The largest absolute Gasteiger partial charge is 0.492 e. The van der Waals surface area contributed by atoms with Gasteiger partial charge in [-0.25, -0.2) is 13.1 Å². The Balaban J connectivity index is 1.26. The number of nitrogens with one attached hydrogen (secondary N) is 1. The zero-order valence-electron chi connectivity index (χ0n) is 19.7. The molecule has 0 bridgehead atoms. The Morgan fingerprint density at radius 1 is 0.794 bits per heavy atom. The van der Waals surface area contributed by atoms with Crippen LogP contribution in [0.25, 0.3) is 11.1 Å². The molecular weight excluding hydrogens is 446 g/mol. The van der Waals surface area contributed by atoms with Crippen LogP contribution < -0.4 is 9.46 Å². The molecule has 0 radical (unpaired) electrons. The minimum Gasteiger partial charge on any atom is -0.492 e. The molecule has 0 aromatic heterocycles. The first kappa shape index (κ1) is 24.4. The fraction of sp³-hybridized carbons (Fsp3) is 0.333. The van der Waals surface area contributed by atoms with Crippen LogP contribution >= 0.6 is 0 Å². The highest BCUT2D eigenvalue weighted by Crippen LogP contribution is 2.23. The maximum atomic E-state index is 12.4. The molecule has 0 spiro atoms. The number of piperazine rings is 1. The Labute approximate surface area is 203 Å². The van der Waals surface area contributed by atoms with Crippen LogP contribution in [0, 0.1) is 0 Å². The van der Waals surface area contributed by atoms with E-state index in [4.69, 9.17) is 4.74 Å². The highest BCUT2D eigenvalue weighted by Gasteiger charge is 2.13. The van der Waals surface area contributed by atoms with Crippen molar-refractivity contribution in [2.45, 2.75) is 12.3 Å². The number of hydrogen-bond donors (Lipinski definition) is 1. The third-order valence-corrected chi connectivity index (χ3v) is 7.41. The first-order valence-electron chi connectivity index (χ1n) is 11.7. The Morgan fingerprint density at radius 3 is 2.06 bits per heavy atom. The lowest BCUT2D eigenvalue weighted by Crippen LogP contribution is -2.45. The molecule has 7 heteroatoms. The summed E-state index contributed by atoms with van der Waals surface area (Å²) in [6.07, 6.45) is 0. The minimum atomic E-state index is -3.41. The van der Waals surface area contributed by atoms with Crippen molar-refractivity contribution < 1.29 is 13.2 Å². The predicted octanol–water partition coefficient (Wildman–Crippen LogP) is 3.60. The number of rotatable bonds is 10. The molecule has 3 aromatic carbocycles. The maximum Gasteiger partial charge on any atom is 0.216 e. The van der Waals surface area contributed by atoms with Crippen LogP contribution in [0.3, 0.4) is 0 Å². The molecule has 3 aromatic rings. The van der Waals surface area contributed by atoms with Crippen molar-refractivity contribution in [2.75, 3.05) is 46.4 Å². The van der Waals surface area contributed by atoms with Crippen LogP contribution in [0.2, 0.25) is 0 Å². The first-order chi connectivity index (χ1) is 16.5. The average molecular weight is 480 g/mol. The van der Waals surface area contributed by atoms with E-state index < -0.39 is 10.0 Å². The maximum absolute atomic E-state index is 12.4. The van der Waals surface area contributed by atoms with E-state index in [1.54, 1.807) is 0 Å². The number of nitrogens with zero attached hydrogens (tertiary/aromatic N) is 2. The van der Waals surface area contributed by atoms with Gasteiger partial charge in [0.25, 0.3) is 0 Å². The molecule has 1 heterocycles. The van der Waals surface area contributed by atoms with Gasteiger partial charge in [-0.15, -0.1) is 0 Å². The van der Waals surface area contributed by atoms with Crippen LogP contribution in [0.5, 0.6) is 5.75 Å². The summed E-state index contributed by atoms with van der Waals surface area (Å²) in [5.41, 5.74) is 3.81. The number of likely N-dealkylation sites (N-methyl/N-ethyl adjacent to an activating group) is 1. The zero-order chi connectivity index (χ0) is 23.8. The van der Waals surface area contributed by atoms with Gasteiger partial charge in [0.2, 0.25) is 10.0 Å². The molecule has 0 unspecified atom stereocenters. The molecule has 0 amide bonds. The van der Waals surface area contributed by atoms with Gasteiger partial charge >= 0.3 is 0 Å².